The van der Waals surface area contributed by atoms with Crippen molar-refractivity contribution in [2.75, 3.05) is 24.2 Å². The van der Waals surface area contributed by atoms with Crippen molar-refractivity contribution in [1.29, 1.82) is 0 Å². The summed E-state index contributed by atoms with van der Waals surface area (Å²) in [6.07, 6.45) is 3.07. The maximum absolute atomic E-state index is 13.4. The van der Waals surface area contributed by atoms with Gasteiger partial charge in [-0.2, -0.15) is 0 Å². The van der Waals surface area contributed by atoms with Crippen LogP contribution in [0.15, 0.2) is 77.2 Å². The average molecular weight is 578 g/mol. The molecule has 5 rings (SSSR count). The fraction of sp³-hybridized carbons (Fsp3) is 0.300. The molecule has 1 aliphatic heterocycles. The molecular weight excluding hydrogens is 545 g/mol. The fourth-order valence-corrected chi connectivity index (χ4v) is 5.53. The second-order valence-electron chi connectivity index (χ2n) is 10.3. The Balaban J connectivity index is 1.47. The molecule has 1 fully saturated rings. The lowest BCUT2D eigenvalue weighted by atomic mass is 9.85. The van der Waals surface area contributed by atoms with Crippen LogP contribution in [-0.2, 0) is 10.0 Å². The number of nitrogens with zero attached hydrogens (tertiary/aromatic N) is 3. The van der Waals surface area contributed by atoms with Crippen LogP contribution in [-0.4, -0.2) is 44.4 Å². The van der Waals surface area contributed by atoms with Crippen LogP contribution in [0.25, 0.3) is 11.5 Å². The summed E-state index contributed by atoms with van der Waals surface area (Å²) in [4.78, 5) is 13.3. The highest BCUT2D eigenvalue weighted by atomic mass is 32.2. The molecule has 0 bridgehead atoms. The van der Waals surface area contributed by atoms with Crippen molar-refractivity contribution in [2.24, 2.45) is 0 Å². The zero-order chi connectivity index (χ0) is 29.1. The number of benzene rings is 3. The maximum Gasteiger partial charge on any atom is 0.251 e. The SMILES string of the molecule is C[C@@H](NC(=O)c1cc(-c2nnc(C3NCCCC3c3ccccc3)o2)cc(N(C)S(C)(=O)=O)c1)c1ccc(F)cc1. The van der Waals surface area contributed by atoms with E-state index in [1.54, 1.807) is 31.2 Å². The first-order valence-corrected chi connectivity index (χ1v) is 15.2. The van der Waals surface area contributed by atoms with Gasteiger partial charge in [0.25, 0.3) is 5.91 Å². The van der Waals surface area contributed by atoms with E-state index in [-0.39, 0.29) is 34.9 Å². The molecule has 1 aliphatic rings. The second-order valence-corrected chi connectivity index (χ2v) is 12.3. The van der Waals surface area contributed by atoms with Crippen molar-refractivity contribution in [2.45, 2.75) is 37.8 Å². The third-order valence-electron chi connectivity index (χ3n) is 7.40. The first kappa shape index (κ1) is 28.4. The Hall–Kier alpha value is -4.09. The largest absolute Gasteiger partial charge is 0.419 e. The molecule has 4 aromatic rings. The number of rotatable bonds is 8. The van der Waals surface area contributed by atoms with Gasteiger partial charge in [0.05, 0.1) is 24.0 Å². The topological polar surface area (TPSA) is 117 Å². The van der Waals surface area contributed by atoms with E-state index in [2.05, 4.69) is 33.0 Å². The van der Waals surface area contributed by atoms with Gasteiger partial charge in [0.15, 0.2) is 0 Å². The van der Waals surface area contributed by atoms with Gasteiger partial charge in [-0.25, -0.2) is 12.8 Å². The lowest BCUT2D eigenvalue weighted by Crippen LogP contribution is -2.33. The number of piperidine rings is 1. The first-order chi connectivity index (χ1) is 19.6. The molecule has 1 amide bonds. The Morgan fingerprint density at radius 1 is 1.10 bits per heavy atom. The molecule has 1 aromatic heterocycles. The van der Waals surface area contributed by atoms with Gasteiger partial charge in [0, 0.05) is 24.1 Å². The third kappa shape index (κ3) is 6.47. The minimum absolute atomic E-state index is 0.148. The van der Waals surface area contributed by atoms with Crippen molar-refractivity contribution >= 4 is 21.6 Å². The number of sulfonamides is 1. The molecule has 2 unspecified atom stereocenters. The Morgan fingerprint density at radius 3 is 2.54 bits per heavy atom. The van der Waals surface area contributed by atoms with Crippen LogP contribution in [0.3, 0.4) is 0 Å². The van der Waals surface area contributed by atoms with Crippen molar-refractivity contribution in [3.05, 3.63) is 101 Å². The molecule has 41 heavy (non-hydrogen) atoms. The molecular formula is C30H32FN5O4S. The van der Waals surface area contributed by atoms with E-state index in [1.165, 1.54) is 30.8 Å². The number of carbonyl (C=O) groups is 1. The van der Waals surface area contributed by atoms with Crippen LogP contribution in [0.1, 0.15) is 65.1 Å². The van der Waals surface area contributed by atoms with Gasteiger partial charge in [0.1, 0.15) is 5.82 Å². The predicted molar refractivity (Wildman–Crippen MR) is 154 cm³/mol. The van der Waals surface area contributed by atoms with Crippen LogP contribution in [0.5, 0.6) is 0 Å². The van der Waals surface area contributed by atoms with Gasteiger partial charge in [-0.3, -0.25) is 9.10 Å². The number of anilines is 1. The number of amides is 1. The normalized spacial score (nSPS) is 18.0. The van der Waals surface area contributed by atoms with E-state index in [9.17, 15) is 17.6 Å². The maximum atomic E-state index is 13.4. The smallest absolute Gasteiger partial charge is 0.251 e. The molecule has 0 radical (unpaired) electrons. The molecule has 11 heteroatoms. The Kier molecular flexibility index (Phi) is 8.18. The van der Waals surface area contributed by atoms with E-state index >= 15 is 0 Å². The number of nitrogens with one attached hydrogen (secondary N) is 2. The highest BCUT2D eigenvalue weighted by Gasteiger charge is 2.32. The first-order valence-electron chi connectivity index (χ1n) is 13.4. The quantitative estimate of drug-likeness (QED) is 0.304. The number of aromatic nitrogens is 2. The minimum Gasteiger partial charge on any atom is -0.419 e. The molecule has 0 spiro atoms. The van der Waals surface area contributed by atoms with Gasteiger partial charge in [0.2, 0.25) is 21.8 Å². The Bertz CT molecular complexity index is 1630. The Morgan fingerprint density at radius 2 is 1.83 bits per heavy atom. The molecule has 214 valence electrons. The van der Waals surface area contributed by atoms with E-state index < -0.39 is 22.0 Å². The summed E-state index contributed by atoms with van der Waals surface area (Å²) in [5, 5.41) is 15.0. The predicted octanol–water partition coefficient (Wildman–Crippen LogP) is 4.97. The van der Waals surface area contributed by atoms with Crippen LogP contribution in [0.2, 0.25) is 0 Å². The molecule has 3 atom stereocenters. The summed E-state index contributed by atoms with van der Waals surface area (Å²) in [7, 11) is -2.22. The van der Waals surface area contributed by atoms with Crippen LogP contribution in [0, 0.1) is 5.82 Å². The van der Waals surface area contributed by atoms with Gasteiger partial charge < -0.3 is 15.1 Å². The summed E-state index contributed by atoms with van der Waals surface area (Å²) in [6, 6.07) is 20.1. The number of hydrogen-bond acceptors (Lipinski definition) is 7. The van der Waals surface area contributed by atoms with Gasteiger partial charge in [-0.15, -0.1) is 10.2 Å². The molecule has 3 aromatic carbocycles. The molecule has 2 N–H and O–H groups in total. The van der Waals surface area contributed by atoms with Crippen molar-refractivity contribution in [3.8, 4) is 11.5 Å². The summed E-state index contributed by atoms with van der Waals surface area (Å²) >= 11 is 0. The van der Waals surface area contributed by atoms with E-state index in [4.69, 9.17) is 4.42 Å². The highest BCUT2D eigenvalue weighted by Crippen LogP contribution is 2.38. The van der Waals surface area contributed by atoms with E-state index in [0.717, 1.165) is 35.5 Å². The summed E-state index contributed by atoms with van der Waals surface area (Å²) in [5.41, 5.74) is 2.78. The van der Waals surface area contributed by atoms with E-state index in [1.807, 2.05) is 18.2 Å². The lowest BCUT2D eigenvalue weighted by molar-refractivity contribution is 0.0940. The third-order valence-corrected chi connectivity index (χ3v) is 8.60. The molecule has 1 saturated heterocycles. The van der Waals surface area contributed by atoms with E-state index in [0.29, 0.717) is 11.5 Å². The summed E-state index contributed by atoms with van der Waals surface area (Å²) < 4.78 is 45.3. The molecule has 2 heterocycles. The fourth-order valence-electron chi connectivity index (χ4n) is 5.04. The minimum atomic E-state index is -3.63. The van der Waals surface area contributed by atoms with Crippen molar-refractivity contribution in [1.82, 2.24) is 20.8 Å². The zero-order valence-corrected chi connectivity index (χ0v) is 23.9. The summed E-state index contributed by atoms with van der Waals surface area (Å²) in [5.74, 6) is -0.0688. The van der Waals surface area contributed by atoms with Gasteiger partial charge in [-0.1, -0.05) is 42.5 Å². The van der Waals surface area contributed by atoms with Gasteiger partial charge in [-0.05, 0) is 67.8 Å². The standard InChI is InChI=1S/C30H32FN5O4S/c1-19(20-11-13-24(31)14-12-20)33-28(37)22-16-23(18-25(17-22)36(2)41(3,38)39)29-34-35-30(40-29)27-26(10-7-15-32-27)21-8-5-4-6-9-21/h4-6,8-9,11-14,16-19,26-27,32H,7,10,15H2,1-3H3,(H,33,37)/t19-,26?,27?/m1/s1. The average Bonchev–Trinajstić information content (AvgIpc) is 3.47. The molecule has 9 nitrogen and oxygen atoms in total. The second kappa shape index (κ2) is 11.8. The van der Waals surface area contributed by atoms with Crippen LogP contribution >= 0.6 is 0 Å². The highest BCUT2D eigenvalue weighted by molar-refractivity contribution is 7.92. The number of halogens is 1. The number of carbonyl (C=O) groups excluding carboxylic acids is 1. The van der Waals surface area contributed by atoms with Crippen LogP contribution < -0.4 is 14.9 Å². The van der Waals surface area contributed by atoms with Crippen molar-refractivity contribution < 1.29 is 22.0 Å². The van der Waals surface area contributed by atoms with Crippen molar-refractivity contribution in [3.63, 3.8) is 0 Å². The monoisotopic (exact) mass is 577 g/mol. The molecule has 0 aliphatic carbocycles. The van der Waals surface area contributed by atoms with Crippen LogP contribution in [0.4, 0.5) is 10.1 Å². The molecule has 0 saturated carbocycles. The van der Waals surface area contributed by atoms with Gasteiger partial charge >= 0.3 is 0 Å². The number of hydrogen-bond donors (Lipinski definition) is 2. The summed E-state index contributed by atoms with van der Waals surface area (Å²) in [6.45, 7) is 2.60. The zero-order valence-electron chi connectivity index (χ0n) is 23.0. The Labute approximate surface area is 238 Å². The lowest BCUT2D eigenvalue weighted by Gasteiger charge is -2.30.